The van der Waals surface area contributed by atoms with E-state index in [1.807, 2.05) is 0 Å². The molecule has 1 aromatic heterocycles. The molecule has 9 heteroatoms. The molecule has 2 aromatic rings. The summed E-state index contributed by atoms with van der Waals surface area (Å²) >= 11 is 0. The quantitative estimate of drug-likeness (QED) is 0.792. The Morgan fingerprint density at radius 2 is 1.89 bits per heavy atom. The second-order valence-electron chi connectivity index (χ2n) is 6.46. The Balaban J connectivity index is 2.64. The highest BCUT2D eigenvalue weighted by Crippen LogP contribution is 2.38. The highest BCUT2D eigenvalue weighted by atomic mass is 19.4. The topological polar surface area (TPSA) is 74.8 Å². The van der Waals surface area contributed by atoms with Gasteiger partial charge in [-0.3, -0.25) is 9.59 Å². The fourth-order valence-corrected chi connectivity index (χ4v) is 2.37. The van der Waals surface area contributed by atoms with Crippen LogP contribution in [0.1, 0.15) is 36.2 Å². The zero-order valence-corrected chi connectivity index (χ0v) is 15.2. The summed E-state index contributed by atoms with van der Waals surface area (Å²) in [6, 6.07) is 1.67. The number of aromatic amines is 1. The summed E-state index contributed by atoms with van der Waals surface area (Å²) in [6.07, 6.45) is -4.85. The number of aryl methyl sites for hydroxylation is 1. The molecule has 0 spiro atoms. The lowest BCUT2D eigenvalue weighted by atomic mass is 10.0. The number of hydrogen-bond acceptors (Lipinski definition) is 3. The Morgan fingerprint density at radius 3 is 2.41 bits per heavy atom. The van der Waals surface area contributed by atoms with Crippen molar-refractivity contribution in [2.75, 3.05) is 0 Å². The van der Waals surface area contributed by atoms with Gasteiger partial charge in [-0.15, -0.1) is 0 Å². The van der Waals surface area contributed by atoms with Gasteiger partial charge in [0, 0.05) is 29.3 Å². The van der Waals surface area contributed by atoms with Crippen LogP contribution in [0.3, 0.4) is 0 Å². The number of halogens is 4. The zero-order chi connectivity index (χ0) is 20.5. The molecule has 146 valence electrons. The van der Waals surface area contributed by atoms with Gasteiger partial charge in [-0.05, 0) is 19.9 Å². The molecule has 0 aliphatic rings. The van der Waals surface area contributed by atoms with Crippen molar-refractivity contribution in [2.45, 2.75) is 40.4 Å². The van der Waals surface area contributed by atoms with Gasteiger partial charge in [0.1, 0.15) is 11.6 Å². The summed E-state index contributed by atoms with van der Waals surface area (Å²) in [5, 5.41) is 2.46. The molecular formula is C18H19F4N3O2. The average molecular weight is 385 g/mol. The van der Waals surface area contributed by atoms with E-state index < -0.39 is 34.5 Å². The van der Waals surface area contributed by atoms with Crippen LogP contribution in [0.5, 0.6) is 0 Å². The number of amides is 1. The molecular weight excluding hydrogens is 366 g/mol. The zero-order valence-electron chi connectivity index (χ0n) is 15.2. The van der Waals surface area contributed by atoms with Gasteiger partial charge in [0.2, 0.25) is 5.91 Å². The van der Waals surface area contributed by atoms with E-state index in [1.54, 1.807) is 13.8 Å². The molecule has 0 bridgehead atoms. The van der Waals surface area contributed by atoms with Crippen LogP contribution in [-0.4, -0.2) is 15.9 Å². The van der Waals surface area contributed by atoms with Crippen molar-refractivity contribution in [1.82, 2.24) is 15.3 Å². The predicted molar refractivity (Wildman–Crippen MR) is 91.4 cm³/mol. The maximum Gasteiger partial charge on any atom is 0.417 e. The first-order valence-electron chi connectivity index (χ1n) is 8.17. The lowest BCUT2D eigenvalue weighted by molar-refractivity contribution is -0.137. The number of rotatable bonds is 4. The van der Waals surface area contributed by atoms with Gasteiger partial charge in [0.25, 0.3) is 5.56 Å². The summed E-state index contributed by atoms with van der Waals surface area (Å²) in [7, 11) is 0. The summed E-state index contributed by atoms with van der Waals surface area (Å²) in [6.45, 7) is 5.89. The first-order valence-corrected chi connectivity index (χ1v) is 8.17. The smallest absolute Gasteiger partial charge is 0.352 e. The van der Waals surface area contributed by atoms with Gasteiger partial charge in [-0.25, -0.2) is 9.37 Å². The minimum Gasteiger partial charge on any atom is -0.352 e. The Labute approximate surface area is 152 Å². The summed E-state index contributed by atoms with van der Waals surface area (Å²) in [4.78, 5) is 29.7. The van der Waals surface area contributed by atoms with Crippen molar-refractivity contribution in [3.05, 3.63) is 50.7 Å². The predicted octanol–water partition coefficient (Wildman–Crippen LogP) is 3.48. The third-order valence-corrected chi connectivity index (χ3v) is 4.14. The van der Waals surface area contributed by atoms with E-state index >= 15 is 0 Å². The number of carbonyl (C=O) groups excluding carboxylic acids is 1. The van der Waals surface area contributed by atoms with Crippen LogP contribution >= 0.6 is 0 Å². The third-order valence-electron chi connectivity index (χ3n) is 4.14. The van der Waals surface area contributed by atoms with Crippen molar-refractivity contribution in [2.24, 2.45) is 5.92 Å². The Kier molecular flexibility index (Phi) is 5.72. The first kappa shape index (κ1) is 20.6. The van der Waals surface area contributed by atoms with Crippen molar-refractivity contribution in [3.63, 3.8) is 0 Å². The molecule has 1 amide bonds. The molecule has 0 radical (unpaired) electrons. The number of carbonyl (C=O) groups is 1. The number of hydrogen-bond donors (Lipinski definition) is 2. The van der Waals surface area contributed by atoms with Crippen molar-refractivity contribution < 1.29 is 22.4 Å². The fourth-order valence-electron chi connectivity index (χ4n) is 2.37. The molecule has 0 aliphatic heterocycles. The maximum atomic E-state index is 15.0. The molecule has 0 saturated heterocycles. The number of H-pyrrole nitrogens is 1. The van der Waals surface area contributed by atoms with Crippen LogP contribution in [0.25, 0.3) is 11.4 Å². The fraction of sp³-hybridized carbons (Fsp3) is 0.389. The minimum atomic E-state index is -4.85. The normalized spacial score (nSPS) is 11.7. The van der Waals surface area contributed by atoms with Crippen molar-refractivity contribution in [1.29, 1.82) is 0 Å². The van der Waals surface area contributed by atoms with Crippen LogP contribution in [0.15, 0.2) is 16.9 Å². The van der Waals surface area contributed by atoms with Gasteiger partial charge < -0.3 is 10.3 Å². The van der Waals surface area contributed by atoms with Crippen LogP contribution in [0.2, 0.25) is 0 Å². The average Bonchev–Trinajstić information content (AvgIpc) is 2.56. The Hall–Kier alpha value is -2.71. The van der Waals surface area contributed by atoms with E-state index in [2.05, 4.69) is 15.3 Å². The van der Waals surface area contributed by atoms with Crippen molar-refractivity contribution in [3.8, 4) is 11.4 Å². The number of benzene rings is 1. The van der Waals surface area contributed by atoms with Crippen LogP contribution in [0, 0.1) is 25.6 Å². The van der Waals surface area contributed by atoms with Gasteiger partial charge >= 0.3 is 6.18 Å². The number of aromatic nitrogens is 2. The second-order valence-corrected chi connectivity index (χ2v) is 6.46. The van der Waals surface area contributed by atoms with Gasteiger partial charge in [-0.2, -0.15) is 13.2 Å². The second kappa shape index (κ2) is 7.50. The van der Waals surface area contributed by atoms with E-state index in [0.29, 0.717) is 6.07 Å². The Morgan fingerprint density at radius 1 is 1.26 bits per heavy atom. The maximum absolute atomic E-state index is 15.0. The van der Waals surface area contributed by atoms with Gasteiger partial charge in [0.05, 0.1) is 11.1 Å². The molecule has 1 heterocycles. The van der Waals surface area contributed by atoms with Gasteiger partial charge in [-0.1, -0.05) is 19.9 Å². The molecule has 2 rings (SSSR count). The third kappa shape index (κ3) is 4.35. The molecule has 0 atom stereocenters. The summed E-state index contributed by atoms with van der Waals surface area (Å²) in [5.74, 6) is -2.43. The van der Waals surface area contributed by atoms with Crippen molar-refractivity contribution >= 4 is 5.91 Å². The van der Waals surface area contributed by atoms with Gasteiger partial charge in [0.15, 0.2) is 0 Å². The number of alkyl halides is 3. The lowest BCUT2D eigenvalue weighted by Gasteiger charge is -2.17. The van der Waals surface area contributed by atoms with Crippen LogP contribution in [0.4, 0.5) is 17.6 Å². The molecule has 0 unspecified atom stereocenters. The summed E-state index contributed by atoms with van der Waals surface area (Å²) < 4.78 is 55.1. The molecule has 2 N–H and O–H groups in total. The Bertz CT molecular complexity index is 933. The molecule has 0 aliphatic carbocycles. The SMILES string of the molecule is Cc1nc(-c2c(C(F)(F)F)ccc(CNC(=O)C(C)C)c2F)[nH]c(=O)c1C. The monoisotopic (exact) mass is 385 g/mol. The number of nitrogens with one attached hydrogen (secondary N) is 2. The molecule has 0 fully saturated rings. The van der Waals surface area contributed by atoms with Crippen LogP contribution in [-0.2, 0) is 17.5 Å². The first-order chi connectivity index (χ1) is 12.4. The largest absolute Gasteiger partial charge is 0.417 e. The molecule has 0 saturated carbocycles. The highest BCUT2D eigenvalue weighted by Gasteiger charge is 2.36. The summed E-state index contributed by atoms with van der Waals surface area (Å²) in [5.41, 5.74) is -2.48. The lowest BCUT2D eigenvalue weighted by Crippen LogP contribution is -2.27. The van der Waals surface area contributed by atoms with E-state index in [0.717, 1.165) is 6.07 Å². The number of nitrogens with zero attached hydrogens (tertiary/aromatic N) is 1. The molecule has 1 aromatic carbocycles. The van der Waals surface area contributed by atoms with E-state index in [4.69, 9.17) is 0 Å². The van der Waals surface area contributed by atoms with E-state index in [9.17, 15) is 27.2 Å². The van der Waals surface area contributed by atoms with E-state index in [-0.39, 0.29) is 35.2 Å². The standard InChI is InChI=1S/C18H19F4N3O2/c1-8(2)16(26)23-7-11-5-6-12(18(20,21)22)13(14(11)19)15-24-10(4)9(3)17(27)25-15/h5-6,8H,7H2,1-4H3,(H,23,26)(H,24,25,27). The van der Waals surface area contributed by atoms with Crippen LogP contribution < -0.4 is 10.9 Å². The molecule has 5 nitrogen and oxygen atoms in total. The highest BCUT2D eigenvalue weighted by molar-refractivity contribution is 5.77. The molecule has 27 heavy (non-hydrogen) atoms. The van der Waals surface area contributed by atoms with E-state index in [1.165, 1.54) is 13.8 Å². The minimum absolute atomic E-state index is 0.145.